The Labute approximate surface area is 249 Å². The maximum atomic E-state index is 13.8. The predicted molar refractivity (Wildman–Crippen MR) is 163 cm³/mol. The molecule has 4 aliphatic carbocycles. The molecule has 0 radical (unpaired) electrons. The normalized spacial score (nSPS) is 36.3. The van der Waals surface area contributed by atoms with Gasteiger partial charge in [0.2, 0.25) is 0 Å². The Kier molecular flexibility index (Phi) is 6.23. The second-order valence-corrected chi connectivity index (χ2v) is 16.5. The minimum absolute atomic E-state index is 0.0925. The van der Waals surface area contributed by atoms with Gasteiger partial charge >= 0.3 is 0 Å². The molecule has 0 aliphatic heterocycles. The van der Waals surface area contributed by atoms with Gasteiger partial charge in [-0.2, -0.15) is 5.10 Å². The molecule has 2 N–H and O–H groups in total. The lowest BCUT2D eigenvalue weighted by atomic mass is 9.45. The molecule has 0 spiro atoms. The average Bonchev–Trinajstić information content (AvgIpc) is 3.59. The second kappa shape index (κ2) is 9.21. The number of rotatable bonds is 4. The number of carbonyl (C=O) groups is 1. The highest BCUT2D eigenvalue weighted by atomic mass is 32.2. The van der Waals surface area contributed by atoms with E-state index in [0.717, 1.165) is 40.4 Å². The van der Waals surface area contributed by atoms with Crippen LogP contribution in [0, 0.1) is 28.6 Å². The van der Waals surface area contributed by atoms with Crippen molar-refractivity contribution in [1.29, 1.82) is 0 Å². The zero-order valence-electron chi connectivity index (χ0n) is 24.6. The molecule has 41 heavy (non-hydrogen) atoms. The molecule has 3 aromatic rings. The second-order valence-electron chi connectivity index (χ2n) is 14.3. The maximum absolute atomic E-state index is 13.8. The Balaban J connectivity index is 1.14. The van der Waals surface area contributed by atoms with Gasteiger partial charge in [-0.05, 0) is 106 Å². The number of allylic oxidation sites excluding steroid dienone is 1. The highest BCUT2D eigenvalue weighted by Gasteiger charge is 2.68. The third-order valence-electron chi connectivity index (χ3n) is 11.1. The first kappa shape index (κ1) is 27.7. The Morgan fingerprint density at radius 1 is 1.27 bits per heavy atom. The number of pyridine rings is 1. The Morgan fingerprint density at radius 3 is 2.83 bits per heavy atom. The number of Topliss-reactive ketones (excluding diaryl/α,β-unsaturated/α-hetero) is 1. The van der Waals surface area contributed by atoms with Crippen molar-refractivity contribution < 1.29 is 15.0 Å². The molecule has 3 saturated carbocycles. The largest absolute Gasteiger partial charge is 0.393 e. The van der Waals surface area contributed by atoms with Crippen LogP contribution in [0.2, 0.25) is 0 Å². The summed E-state index contributed by atoms with van der Waals surface area (Å²) >= 11 is 2.87. The summed E-state index contributed by atoms with van der Waals surface area (Å²) in [6.07, 6.45) is 10.1. The van der Waals surface area contributed by atoms with Crippen LogP contribution in [0.3, 0.4) is 0 Å². The van der Waals surface area contributed by atoms with Crippen LogP contribution in [-0.4, -0.2) is 53.2 Å². The number of fused-ring (bicyclic) bond motifs is 7. The topological polar surface area (TPSA) is 101 Å². The van der Waals surface area contributed by atoms with E-state index in [0.29, 0.717) is 12.8 Å². The van der Waals surface area contributed by atoms with E-state index in [1.165, 1.54) is 39.9 Å². The molecule has 3 fully saturated rings. The van der Waals surface area contributed by atoms with Gasteiger partial charge in [-0.1, -0.05) is 42.5 Å². The van der Waals surface area contributed by atoms with E-state index >= 15 is 0 Å². The van der Waals surface area contributed by atoms with Crippen LogP contribution >= 0.6 is 23.1 Å². The summed E-state index contributed by atoms with van der Waals surface area (Å²) in [6.45, 7) is 11.0. The van der Waals surface area contributed by atoms with Gasteiger partial charge in [-0.3, -0.25) is 9.48 Å². The van der Waals surface area contributed by atoms with Crippen molar-refractivity contribution >= 4 is 45.3 Å². The van der Waals surface area contributed by atoms with E-state index in [1.807, 2.05) is 18.3 Å². The highest BCUT2D eigenvalue weighted by Crippen LogP contribution is 2.67. The number of thiazole rings is 1. The Hall–Kier alpha value is -2.07. The smallest absolute Gasteiger partial charge is 0.175 e. The van der Waals surface area contributed by atoms with Crippen molar-refractivity contribution in [3.8, 4) is 0 Å². The first-order valence-electron chi connectivity index (χ1n) is 14.9. The quantitative estimate of drug-likeness (QED) is 0.365. The van der Waals surface area contributed by atoms with E-state index in [2.05, 4.69) is 55.3 Å². The Morgan fingerprint density at radius 2 is 2.07 bits per heavy atom. The van der Waals surface area contributed by atoms with Crippen LogP contribution in [-0.2, 0) is 16.8 Å². The molecule has 9 heteroatoms. The summed E-state index contributed by atoms with van der Waals surface area (Å²) in [5.74, 6) is 0.626. The van der Waals surface area contributed by atoms with Gasteiger partial charge in [0.15, 0.2) is 10.1 Å². The fourth-order valence-corrected chi connectivity index (χ4v) is 11.2. The molecule has 3 heterocycles. The SMILES string of the molecule is CC12Cc3cnn(C(C)(C)C)c3C=C1CCC1C2[C@@H](O)CC2(C)C1CCC2(O)C(=O)CSc1nc2cccnc2s1. The molecular weight excluding hydrogens is 553 g/mol. The summed E-state index contributed by atoms with van der Waals surface area (Å²) in [5.41, 5.74) is 2.40. The third-order valence-corrected chi connectivity index (χ3v) is 13.3. The molecule has 0 aromatic carbocycles. The number of aliphatic hydroxyl groups is 2. The zero-order chi connectivity index (χ0) is 28.9. The van der Waals surface area contributed by atoms with E-state index in [4.69, 9.17) is 5.10 Å². The van der Waals surface area contributed by atoms with Crippen LogP contribution in [0.4, 0.5) is 0 Å². The molecule has 3 aromatic heterocycles. The minimum atomic E-state index is -1.43. The van der Waals surface area contributed by atoms with Gasteiger partial charge in [0, 0.05) is 11.6 Å². The summed E-state index contributed by atoms with van der Waals surface area (Å²) in [5, 5.41) is 28.8. The molecular formula is C32H40N4O3S2. The molecule has 7 rings (SSSR count). The lowest BCUT2D eigenvalue weighted by Crippen LogP contribution is -2.62. The summed E-state index contributed by atoms with van der Waals surface area (Å²) < 4.78 is 2.94. The zero-order valence-corrected chi connectivity index (χ0v) is 26.2. The summed E-state index contributed by atoms with van der Waals surface area (Å²) in [4.78, 5) is 23.6. The fourth-order valence-electron chi connectivity index (χ4n) is 9.24. The highest BCUT2D eigenvalue weighted by molar-refractivity contribution is 8.01. The van der Waals surface area contributed by atoms with Gasteiger partial charge in [-0.25, -0.2) is 9.97 Å². The lowest BCUT2D eigenvalue weighted by molar-refractivity contribution is -0.177. The molecule has 7 atom stereocenters. The van der Waals surface area contributed by atoms with Gasteiger partial charge < -0.3 is 10.2 Å². The standard InChI is InChI=1S/C32H40N4O3S2/c1-29(2,3)36-23-13-19-8-9-20-21-10-11-32(39,25(38)17-40-28-35-22-7-6-12-33-27(22)41-28)31(21,5)15-24(37)26(20)30(19,4)14-18(23)16-34-36/h6-7,12-13,16,20-21,24,26,37,39H,8-11,14-15,17H2,1-5H3/t20?,21?,24-,26?,30?,31?,32?/m0/s1. The summed E-state index contributed by atoms with van der Waals surface area (Å²) in [7, 11) is 0. The first-order chi connectivity index (χ1) is 19.3. The number of aromatic nitrogens is 4. The molecule has 218 valence electrons. The van der Waals surface area contributed by atoms with E-state index in [-0.39, 0.29) is 40.2 Å². The van der Waals surface area contributed by atoms with Crippen LogP contribution in [0.5, 0.6) is 0 Å². The molecule has 0 saturated heterocycles. The van der Waals surface area contributed by atoms with Gasteiger partial charge in [0.05, 0.1) is 29.3 Å². The predicted octanol–water partition coefficient (Wildman–Crippen LogP) is 5.89. The summed E-state index contributed by atoms with van der Waals surface area (Å²) in [6, 6.07) is 3.79. The molecule has 6 unspecified atom stereocenters. The Bertz CT molecular complexity index is 1540. The monoisotopic (exact) mass is 592 g/mol. The number of nitrogens with zero attached hydrogens (tertiary/aromatic N) is 4. The number of hydrogen-bond acceptors (Lipinski definition) is 8. The van der Waals surface area contributed by atoms with Crippen molar-refractivity contribution in [2.75, 3.05) is 5.75 Å². The average molecular weight is 593 g/mol. The van der Waals surface area contributed by atoms with E-state index in [9.17, 15) is 15.0 Å². The first-order valence-corrected chi connectivity index (χ1v) is 16.7. The maximum Gasteiger partial charge on any atom is 0.175 e. The minimum Gasteiger partial charge on any atom is -0.393 e. The molecule has 7 nitrogen and oxygen atoms in total. The number of thioether (sulfide) groups is 1. The lowest BCUT2D eigenvalue weighted by Gasteiger charge is -2.60. The van der Waals surface area contributed by atoms with Crippen molar-refractivity contribution in [2.45, 2.75) is 94.7 Å². The number of aliphatic hydroxyl groups excluding tert-OH is 1. The van der Waals surface area contributed by atoms with Crippen LogP contribution in [0.25, 0.3) is 16.4 Å². The van der Waals surface area contributed by atoms with Gasteiger partial charge in [-0.15, -0.1) is 0 Å². The van der Waals surface area contributed by atoms with Gasteiger partial charge in [0.25, 0.3) is 0 Å². The molecule has 0 bridgehead atoms. The number of ketones is 1. The van der Waals surface area contributed by atoms with Crippen LogP contribution in [0.15, 0.2) is 34.4 Å². The third kappa shape index (κ3) is 3.98. The number of carbonyl (C=O) groups excluding carboxylic acids is 1. The van der Waals surface area contributed by atoms with Gasteiger partial charge in [0.1, 0.15) is 15.9 Å². The van der Waals surface area contributed by atoms with Crippen molar-refractivity contribution in [3.63, 3.8) is 0 Å². The number of hydrogen-bond donors (Lipinski definition) is 2. The van der Waals surface area contributed by atoms with Crippen molar-refractivity contribution in [1.82, 2.24) is 19.7 Å². The molecule has 0 amide bonds. The van der Waals surface area contributed by atoms with Crippen molar-refractivity contribution in [2.24, 2.45) is 28.6 Å². The molecule has 4 aliphatic rings. The van der Waals surface area contributed by atoms with Crippen LogP contribution in [0.1, 0.15) is 78.0 Å². The van der Waals surface area contributed by atoms with E-state index < -0.39 is 17.1 Å². The van der Waals surface area contributed by atoms with E-state index in [1.54, 1.807) is 6.20 Å². The van der Waals surface area contributed by atoms with Crippen LogP contribution < -0.4 is 0 Å². The van der Waals surface area contributed by atoms with Crippen molar-refractivity contribution in [3.05, 3.63) is 41.4 Å². The fraction of sp³-hybridized carbons (Fsp3) is 0.625.